The van der Waals surface area contributed by atoms with Gasteiger partial charge in [0.2, 0.25) is 0 Å². The molecule has 0 N–H and O–H groups in total. The van der Waals surface area contributed by atoms with Crippen molar-refractivity contribution in [3.05, 3.63) is 84.7 Å². The number of hydrogen-bond donors (Lipinski definition) is 0. The van der Waals surface area contributed by atoms with Crippen molar-refractivity contribution in [2.75, 3.05) is 0 Å². The van der Waals surface area contributed by atoms with E-state index in [0.29, 0.717) is 0 Å². The summed E-state index contributed by atoms with van der Waals surface area (Å²) in [6.07, 6.45) is 1.69. The molecule has 0 amide bonds. The highest BCUT2D eigenvalue weighted by Gasteiger charge is 2.19. The monoisotopic (exact) mass is 415 g/mol. The molecule has 2 aromatic heterocycles. The summed E-state index contributed by atoms with van der Waals surface area (Å²) >= 11 is 0. The van der Waals surface area contributed by atoms with Crippen molar-refractivity contribution in [2.45, 2.75) is 26.2 Å². The van der Waals surface area contributed by atoms with Crippen molar-refractivity contribution in [1.82, 2.24) is 14.5 Å². The number of aryl methyl sites for hydroxylation is 1. The average molecular weight is 416 g/mol. The van der Waals surface area contributed by atoms with E-state index in [-0.39, 0.29) is 5.41 Å². The minimum Gasteiger partial charge on any atom is -0.328 e. The summed E-state index contributed by atoms with van der Waals surface area (Å²) < 4.78 is 2.23. The van der Waals surface area contributed by atoms with Crippen LogP contribution in [0.4, 0.5) is 0 Å². The fourth-order valence-corrected chi connectivity index (χ4v) is 4.87. The van der Waals surface area contributed by atoms with Crippen molar-refractivity contribution < 1.29 is 0 Å². The van der Waals surface area contributed by atoms with Crippen LogP contribution < -0.4 is 0 Å². The van der Waals surface area contributed by atoms with Gasteiger partial charge in [0.05, 0.1) is 16.6 Å². The van der Waals surface area contributed by atoms with Crippen LogP contribution in [-0.4, -0.2) is 14.5 Å². The van der Waals surface area contributed by atoms with Crippen LogP contribution in [0, 0.1) is 0 Å². The Labute approximate surface area is 187 Å². The topological polar surface area (TPSA) is 30.7 Å². The summed E-state index contributed by atoms with van der Waals surface area (Å²) in [4.78, 5) is 9.46. The lowest BCUT2D eigenvalue weighted by Crippen LogP contribution is -2.10. The van der Waals surface area contributed by atoms with Crippen LogP contribution in [0.3, 0.4) is 0 Å². The van der Waals surface area contributed by atoms with Gasteiger partial charge in [-0.2, -0.15) is 0 Å². The first-order chi connectivity index (χ1) is 15.4. The third-order valence-corrected chi connectivity index (χ3v) is 6.63. The van der Waals surface area contributed by atoms with Crippen LogP contribution in [-0.2, 0) is 12.5 Å². The van der Waals surface area contributed by atoms with Gasteiger partial charge in [-0.05, 0) is 39.3 Å². The third kappa shape index (κ3) is 2.74. The SMILES string of the molecule is Cn1c2ncnc(-c3ccc4ccccc4c3)c2c2ccc3ccc(C(C)(C)C)cc3c21. The number of nitrogens with zero attached hydrogens (tertiary/aromatic N) is 3. The molecule has 32 heavy (non-hydrogen) atoms. The summed E-state index contributed by atoms with van der Waals surface area (Å²) in [7, 11) is 2.12. The summed E-state index contributed by atoms with van der Waals surface area (Å²) in [5.74, 6) is 0. The van der Waals surface area contributed by atoms with Crippen LogP contribution >= 0.6 is 0 Å². The van der Waals surface area contributed by atoms with E-state index in [4.69, 9.17) is 9.97 Å². The Hall–Kier alpha value is -3.72. The number of benzene rings is 4. The zero-order valence-electron chi connectivity index (χ0n) is 18.8. The van der Waals surface area contributed by atoms with E-state index in [0.717, 1.165) is 22.3 Å². The highest BCUT2D eigenvalue weighted by Crippen LogP contribution is 2.38. The molecule has 156 valence electrons. The van der Waals surface area contributed by atoms with Gasteiger partial charge in [-0.15, -0.1) is 0 Å². The summed E-state index contributed by atoms with van der Waals surface area (Å²) in [6, 6.07) is 26.3. The second-order valence-corrected chi connectivity index (χ2v) is 9.69. The minimum absolute atomic E-state index is 0.0942. The molecular weight excluding hydrogens is 390 g/mol. The lowest BCUT2D eigenvalue weighted by molar-refractivity contribution is 0.591. The second-order valence-electron chi connectivity index (χ2n) is 9.69. The molecular formula is C29H25N3. The van der Waals surface area contributed by atoms with Crippen molar-refractivity contribution in [1.29, 1.82) is 0 Å². The molecule has 0 aliphatic heterocycles. The molecule has 2 heterocycles. The van der Waals surface area contributed by atoms with Gasteiger partial charge >= 0.3 is 0 Å². The summed E-state index contributed by atoms with van der Waals surface area (Å²) in [6.45, 7) is 6.79. The van der Waals surface area contributed by atoms with Gasteiger partial charge in [0, 0.05) is 23.4 Å². The number of hydrogen-bond acceptors (Lipinski definition) is 2. The first-order valence-corrected chi connectivity index (χ1v) is 11.1. The molecule has 6 aromatic rings. The van der Waals surface area contributed by atoms with Gasteiger partial charge in [-0.25, -0.2) is 9.97 Å². The molecule has 4 aromatic carbocycles. The molecule has 3 heteroatoms. The van der Waals surface area contributed by atoms with Gasteiger partial charge in [0.25, 0.3) is 0 Å². The fourth-order valence-electron chi connectivity index (χ4n) is 4.87. The predicted molar refractivity (Wildman–Crippen MR) is 135 cm³/mol. The second kappa shape index (κ2) is 6.64. The molecule has 0 fully saturated rings. The van der Waals surface area contributed by atoms with Gasteiger partial charge in [-0.3, -0.25) is 0 Å². The van der Waals surface area contributed by atoms with E-state index in [1.165, 1.54) is 38.0 Å². The Morgan fingerprint density at radius 2 is 1.47 bits per heavy atom. The van der Waals surface area contributed by atoms with Crippen LogP contribution in [0.1, 0.15) is 26.3 Å². The smallest absolute Gasteiger partial charge is 0.144 e. The Balaban J connectivity index is 1.71. The largest absolute Gasteiger partial charge is 0.328 e. The summed E-state index contributed by atoms with van der Waals surface area (Å²) in [5, 5.41) is 7.28. The molecule has 0 aliphatic carbocycles. The molecule has 0 atom stereocenters. The number of rotatable bonds is 1. The quantitative estimate of drug-likeness (QED) is 0.280. The third-order valence-electron chi connectivity index (χ3n) is 6.63. The number of fused-ring (bicyclic) bond motifs is 6. The molecule has 0 saturated heterocycles. The van der Waals surface area contributed by atoms with Crippen molar-refractivity contribution >= 4 is 43.5 Å². The highest BCUT2D eigenvalue weighted by atomic mass is 15.0. The van der Waals surface area contributed by atoms with Crippen molar-refractivity contribution in [3.8, 4) is 11.3 Å². The van der Waals surface area contributed by atoms with Crippen molar-refractivity contribution in [2.24, 2.45) is 7.05 Å². The van der Waals surface area contributed by atoms with Crippen LogP contribution in [0.15, 0.2) is 79.1 Å². The molecule has 0 spiro atoms. The number of aromatic nitrogens is 3. The van der Waals surface area contributed by atoms with E-state index in [1.807, 2.05) is 0 Å². The van der Waals surface area contributed by atoms with E-state index in [9.17, 15) is 0 Å². The van der Waals surface area contributed by atoms with E-state index in [1.54, 1.807) is 6.33 Å². The molecule has 0 saturated carbocycles. The molecule has 0 bridgehead atoms. The van der Waals surface area contributed by atoms with Gasteiger partial charge in [0.15, 0.2) is 0 Å². The summed E-state index contributed by atoms with van der Waals surface area (Å²) in [5.41, 5.74) is 5.71. The first-order valence-electron chi connectivity index (χ1n) is 11.1. The Bertz CT molecular complexity index is 1670. The molecule has 0 aliphatic rings. The molecule has 3 nitrogen and oxygen atoms in total. The Morgan fingerprint density at radius 1 is 0.719 bits per heavy atom. The lowest BCUT2D eigenvalue weighted by Gasteiger charge is -2.19. The van der Waals surface area contributed by atoms with Gasteiger partial charge in [0.1, 0.15) is 12.0 Å². The lowest BCUT2D eigenvalue weighted by atomic mass is 9.85. The highest BCUT2D eigenvalue weighted by molar-refractivity contribution is 6.20. The molecule has 0 unspecified atom stereocenters. The van der Waals surface area contributed by atoms with Gasteiger partial charge in [-0.1, -0.05) is 81.4 Å². The van der Waals surface area contributed by atoms with Crippen LogP contribution in [0.2, 0.25) is 0 Å². The van der Waals surface area contributed by atoms with Crippen LogP contribution in [0.5, 0.6) is 0 Å². The maximum absolute atomic E-state index is 4.76. The van der Waals surface area contributed by atoms with Gasteiger partial charge < -0.3 is 4.57 Å². The fraction of sp³-hybridized carbons (Fsp3) is 0.172. The maximum atomic E-state index is 4.76. The first kappa shape index (κ1) is 19.0. The van der Waals surface area contributed by atoms with E-state index < -0.39 is 0 Å². The Morgan fingerprint density at radius 3 is 2.28 bits per heavy atom. The normalized spacial score (nSPS) is 12.4. The Kier molecular flexibility index (Phi) is 3.94. The molecule has 0 radical (unpaired) electrons. The van der Waals surface area contributed by atoms with Crippen LogP contribution in [0.25, 0.3) is 54.7 Å². The minimum atomic E-state index is 0.0942. The zero-order valence-corrected chi connectivity index (χ0v) is 18.8. The maximum Gasteiger partial charge on any atom is 0.144 e. The van der Waals surface area contributed by atoms with E-state index in [2.05, 4.69) is 105 Å². The predicted octanol–water partition coefficient (Wildman–Crippen LogP) is 7.39. The average Bonchev–Trinajstić information content (AvgIpc) is 3.10. The zero-order chi connectivity index (χ0) is 22.0. The van der Waals surface area contributed by atoms with E-state index >= 15 is 0 Å². The molecule has 6 rings (SSSR count). The van der Waals surface area contributed by atoms with Crippen molar-refractivity contribution in [3.63, 3.8) is 0 Å². The standard InChI is InChI=1S/C29H25N3/c1-29(2,3)22-13-11-19-12-14-23-25-26(21-10-9-18-7-5-6-8-20(18)15-21)30-17-31-28(25)32(4)27(23)24(19)16-22/h5-17H,1-4H3.